The predicted octanol–water partition coefficient (Wildman–Crippen LogP) is 2.22. The molecule has 1 heterocycles. The Labute approximate surface area is 88.7 Å². The molecule has 0 N–H and O–H groups in total. The zero-order valence-corrected chi connectivity index (χ0v) is 9.08. The molecule has 1 rings (SSSR count). The third-order valence-corrected chi connectivity index (χ3v) is 2.38. The quantitative estimate of drug-likeness (QED) is 0.770. The highest BCUT2D eigenvalue weighted by molar-refractivity contribution is 6.33. The van der Waals surface area contributed by atoms with Crippen molar-refractivity contribution in [1.82, 2.24) is 9.88 Å². The summed E-state index contributed by atoms with van der Waals surface area (Å²) < 4.78 is 0. The number of pyridine rings is 1. The van der Waals surface area contributed by atoms with Crippen LogP contribution in [0.1, 0.15) is 24.2 Å². The normalized spacial score (nSPS) is 9.93. The average molecular weight is 213 g/mol. The Bertz CT molecular complexity index is 324. The van der Waals surface area contributed by atoms with E-state index < -0.39 is 0 Å². The van der Waals surface area contributed by atoms with Crippen LogP contribution in [0.2, 0.25) is 5.02 Å². The second kappa shape index (κ2) is 4.96. The minimum absolute atomic E-state index is 0.0619. The second-order valence-corrected chi connectivity index (χ2v) is 3.24. The number of hydrogen-bond donors (Lipinski definition) is 0. The van der Waals surface area contributed by atoms with Crippen LogP contribution in [0.3, 0.4) is 0 Å². The van der Waals surface area contributed by atoms with Gasteiger partial charge in [-0.1, -0.05) is 11.6 Å². The van der Waals surface area contributed by atoms with Crippen molar-refractivity contribution < 1.29 is 4.79 Å². The van der Waals surface area contributed by atoms with E-state index in [0.717, 1.165) is 0 Å². The van der Waals surface area contributed by atoms with Gasteiger partial charge in [0, 0.05) is 25.5 Å². The van der Waals surface area contributed by atoms with Crippen LogP contribution in [-0.2, 0) is 0 Å². The van der Waals surface area contributed by atoms with E-state index >= 15 is 0 Å². The lowest BCUT2D eigenvalue weighted by molar-refractivity contribution is 0.0773. The molecular formula is C10H13ClN2O. The first-order valence-corrected chi connectivity index (χ1v) is 4.97. The van der Waals surface area contributed by atoms with E-state index in [2.05, 4.69) is 4.98 Å². The zero-order valence-electron chi connectivity index (χ0n) is 8.33. The highest BCUT2D eigenvalue weighted by atomic mass is 35.5. The summed E-state index contributed by atoms with van der Waals surface area (Å²) in [7, 11) is 0. The molecule has 3 nitrogen and oxygen atoms in total. The third kappa shape index (κ3) is 2.23. The molecule has 0 saturated carbocycles. The smallest absolute Gasteiger partial charge is 0.256 e. The Morgan fingerprint density at radius 1 is 1.50 bits per heavy atom. The molecule has 1 amide bonds. The number of aromatic nitrogens is 1. The number of amides is 1. The van der Waals surface area contributed by atoms with Gasteiger partial charge in [0.05, 0.1) is 10.6 Å². The van der Waals surface area contributed by atoms with Crippen LogP contribution in [0.4, 0.5) is 0 Å². The number of carbonyl (C=O) groups excluding carboxylic acids is 1. The second-order valence-electron chi connectivity index (χ2n) is 2.83. The molecule has 0 bridgehead atoms. The summed E-state index contributed by atoms with van der Waals surface area (Å²) in [6, 6.07) is 1.62. The van der Waals surface area contributed by atoms with Crippen molar-refractivity contribution in [2.75, 3.05) is 13.1 Å². The first-order valence-electron chi connectivity index (χ1n) is 4.59. The Morgan fingerprint density at radius 3 is 2.64 bits per heavy atom. The van der Waals surface area contributed by atoms with Crippen molar-refractivity contribution in [3.8, 4) is 0 Å². The molecule has 1 aromatic rings. The fraction of sp³-hybridized carbons (Fsp3) is 0.400. The van der Waals surface area contributed by atoms with E-state index in [9.17, 15) is 4.79 Å². The van der Waals surface area contributed by atoms with Crippen LogP contribution in [0.5, 0.6) is 0 Å². The van der Waals surface area contributed by atoms with Crippen LogP contribution in [0.25, 0.3) is 0 Å². The van der Waals surface area contributed by atoms with Gasteiger partial charge in [0.2, 0.25) is 0 Å². The highest BCUT2D eigenvalue weighted by Crippen LogP contribution is 2.15. The lowest BCUT2D eigenvalue weighted by Gasteiger charge is -2.18. The van der Waals surface area contributed by atoms with E-state index in [1.54, 1.807) is 17.2 Å². The largest absolute Gasteiger partial charge is 0.339 e. The Balaban J connectivity index is 2.94. The lowest BCUT2D eigenvalue weighted by atomic mass is 10.2. The third-order valence-electron chi connectivity index (χ3n) is 2.05. The molecule has 4 heteroatoms. The van der Waals surface area contributed by atoms with Gasteiger partial charge in [-0.2, -0.15) is 0 Å². The molecule has 0 radical (unpaired) electrons. The van der Waals surface area contributed by atoms with Crippen molar-refractivity contribution in [3.05, 3.63) is 29.0 Å². The van der Waals surface area contributed by atoms with Crippen LogP contribution in [0, 0.1) is 0 Å². The average Bonchev–Trinajstić information content (AvgIpc) is 2.20. The topological polar surface area (TPSA) is 33.2 Å². The Hall–Kier alpha value is -1.09. The maximum atomic E-state index is 11.8. The fourth-order valence-electron chi connectivity index (χ4n) is 1.22. The fourth-order valence-corrected chi connectivity index (χ4v) is 1.40. The molecule has 0 aliphatic rings. The first kappa shape index (κ1) is 11.0. The minimum atomic E-state index is -0.0619. The first-order chi connectivity index (χ1) is 6.70. The van der Waals surface area contributed by atoms with Gasteiger partial charge in [0.25, 0.3) is 5.91 Å². The van der Waals surface area contributed by atoms with E-state index in [1.807, 2.05) is 13.8 Å². The Morgan fingerprint density at radius 2 is 2.14 bits per heavy atom. The maximum Gasteiger partial charge on any atom is 0.256 e. The van der Waals surface area contributed by atoms with Crippen LogP contribution in [-0.4, -0.2) is 28.9 Å². The summed E-state index contributed by atoms with van der Waals surface area (Å²) in [5.41, 5.74) is 0.470. The molecular weight excluding hydrogens is 200 g/mol. The SMILES string of the molecule is CCN(CC)C(=O)c1cnccc1Cl. The predicted molar refractivity (Wildman–Crippen MR) is 56.5 cm³/mol. The lowest BCUT2D eigenvalue weighted by Crippen LogP contribution is -2.30. The van der Waals surface area contributed by atoms with Crippen molar-refractivity contribution in [2.45, 2.75) is 13.8 Å². The maximum absolute atomic E-state index is 11.8. The summed E-state index contributed by atoms with van der Waals surface area (Å²) in [4.78, 5) is 17.4. The van der Waals surface area contributed by atoms with Crippen LogP contribution < -0.4 is 0 Å². The molecule has 14 heavy (non-hydrogen) atoms. The number of carbonyl (C=O) groups is 1. The summed E-state index contributed by atoms with van der Waals surface area (Å²) in [5.74, 6) is -0.0619. The molecule has 0 aliphatic carbocycles. The van der Waals surface area contributed by atoms with E-state index in [4.69, 9.17) is 11.6 Å². The van der Waals surface area contributed by atoms with E-state index in [-0.39, 0.29) is 5.91 Å². The molecule has 0 fully saturated rings. The number of halogens is 1. The van der Waals surface area contributed by atoms with Gasteiger partial charge in [-0.25, -0.2) is 0 Å². The number of hydrogen-bond acceptors (Lipinski definition) is 2. The van der Waals surface area contributed by atoms with Gasteiger partial charge in [0.1, 0.15) is 0 Å². The van der Waals surface area contributed by atoms with Crippen LogP contribution >= 0.6 is 11.6 Å². The standard InChI is InChI=1S/C10H13ClN2O/c1-3-13(4-2)10(14)8-7-12-6-5-9(8)11/h5-7H,3-4H2,1-2H3. The molecule has 0 spiro atoms. The van der Waals surface area contributed by atoms with Crippen molar-refractivity contribution >= 4 is 17.5 Å². The molecule has 76 valence electrons. The van der Waals surface area contributed by atoms with Gasteiger partial charge in [-0.05, 0) is 19.9 Å². The van der Waals surface area contributed by atoms with Gasteiger partial charge in [-0.3, -0.25) is 9.78 Å². The molecule has 0 aromatic carbocycles. The van der Waals surface area contributed by atoms with Gasteiger partial charge in [-0.15, -0.1) is 0 Å². The summed E-state index contributed by atoms with van der Waals surface area (Å²) >= 11 is 5.89. The van der Waals surface area contributed by atoms with E-state index in [0.29, 0.717) is 23.7 Å². The van der Waals surface area contributed by atoms with Gasteiger partial charge in [0.15, 0.2) is 0 Å². The van der Waals surface area contributed by atoms with Crippen LogP contribution in [0.15, 0.2) is 18.5 Å². The molecule has 0 saturated heterocycles. The van der Waals surface area contributed by atoms with Gasteiger partial charge >= 0.3 is 0 Å². The number of nitrogens with zero attached hydrogens (tertiary/aromatic N) is 2. The van der Waals surface area contributed by atoms with Gasteiger partial charge < -0.3 is 4.90 Å². The molecule has 0 unspecified atom stereocenters. The summed E-state index contributed by atoms with van der Waals surface area (Å²) in [6.07, 6.45) is 3.07. The minimum Gasteiger partial charge on any atom is -0.339 e. The highest BCUT2D eigenvalue weighted by Gasteiger charge is 2.15. The van der Waals surface area contributed by atoms with E-state index in [1.165, 1.54) is 6.20 Å². The van der Waals surface area contributed by atoms with Crippen molar-refractivity contribution in [2.24, 2.45) is 0 Å². The van der Waals surface area contributed by atoms with Crippen molar-refractivity contribution in [1.29, 1.82) is 0 Å². The summed E-state index contributed by atoms with van der Waals surface area (Å²) in [6.45, 7) is 5.23. The monoisotopic (exact) mass is 212 g/mol. The molecule has 0 atom stereocenters. The summed E-state index contributed by atoms with van der Waals surface area (Å²) in [5, 5.41) is 0.455. The Kier molecular flexibility index (Phi) is 3.89. The van der Waals surface area contributed by atoms with Crippen molar-refractivity contribution in [3.63, 3.8) is 0 Å². The number of rotatable bonds is 3. The molecule has 0 aliphatic heterocycles. The zero-order chi connectivity index (χ0) is 10.6. The molecule has 1 aromatic heterocycles.